The van der Waals surface area contributed by atoms with E-state index < -0.39 is 22.2 Å². The van der Waals surface area contributed by atoms with Gasteiger partial charge >= 0.3 is 0 Å². The van der Waals surface area contributed by atoms with Gasteiger partial charge in [-0.15, -0.1) is 0 Å². The Labute approximate surface area is 181 Å². The summed E-state index contributed by atoms with van der Waals surface area (Å²) in [5, 5.41) is 5.56. The number of sulfonamides is 1. The van der Waals surface area contributed by atoms with Crippen molar-refractivity contribution < 1.29 is 22.7 Å². The van der Waals surface area contributed by atoms with Gasteiger partial charge in [0.05, 0.1) is 10.6 Å². The molecule has 9 heteroatoms. The fourth-order valence-electron chi connectivity index (χ4n) is 3.99. The third kappa shape index (κ3) is 4.03. The predicted octanol–water partition coefficient (Wildman–Crippen LogP) is 2.81. The number of anilines is 2. The number of hydrogen-bond donors (Lipinski definition) is 2. The minimum Gasteiger partial charge on any atom is -0.479 e. The van der Waals surface area contributed by atoms with Crippen LogP contribution in [0.15, 0.2) is 41.3 Å². The van der Waals surface area contributed by atoms with Gasteiger partial charge in [0.2, 0.25) is 15.9 Å². The van der Waals surface area contributed by atoms with Gasteiger partial charge in [0.25, 0.3) is 5.91 Å². The number of carbonyl (C=O) groups excluding carboxylic acids is 2. The molecule has 2 aromatic rings. The second kappa shape index (κ2) is 7.97. The predicted molar refractivity (Wildman–Crippen MR) is 117 cm³/mol. The van der Waals surface area contributed by atoms with Crippen LogP contribution < -0.4 is 15.4 Å². The summed E-state index contributed by atoms with van der Waals surface area (Å²) in [6.45, 7) is 5.44. The fourth-order valence-corrected chi connectivity index (χ4v) is 5.87. The SMILES string of the molecule is Cc1cccc(NC(=O)[C@@H]2CCCN2S(=O)(=O)c2cc3c(cc2C)NC(=O)[C@@H](C)O3)c1. The van der Waals surface area contributed by atoms with E-state index in [2.05, 4.69) is 10.6 Å². The largest absolute Gasteiger partial charge is 0.479 e. The van der Waals surface area contributed by atoms with Gasteiger partial charge in [0, 0.05) is 18.3 Å². The van der Waals surface area contributed by atoms with E-state index in [1.54, 1.807) is 26.0 Å². The van der Waals surface area contributed by atoms with Crippen LogP contribution >= 0.6 is 0 Å². The standard InChI is InChI=1S/C22H25N3O5S/c1-13-6-4-7-16(10-13)23-22(27)18-8-5-9-25(18)31(28,29)20-12-19-17(11-14(20)2)24-21(26)15(3)30-19/h4,6-7,10-12,15,18H,5,8-9H2,1-3H3,(H,23,27)(H,24,26)/t15-,18+/m1/s1. The van der Waals surface area contributed by atoms with Gasteiger partial charge in [0.1, 0.15) is 11.8 Å². The molecular formula is C22H25N3O5S. The molecule has 164 valence electrons. The molecule has 1 fully saturated rings. The van der Waals surface area contributed by atoms with Crippen molar-refractivity contribution >= 4 is 33.2 Å². The van der Waals surface area contributed by atoms with Crippen molar-refractivity contribution in [3.63, 3.8) is 0 Å². The van der Waals surface area contributed by atoms with Crippen LogP contribution in [0.4, 0.5) is 11.4 Å². The molecule has 4 rings (SSSR count). The molecule has 2 aliphatic heterocycles. The average molecular weight is 444 g/mol. The molecule has 8 nitrogen and oxygen atoms in total. The van der Waals surface area contributed by atoms with Crippen molar-refractivity contribution in [1.82, 2.24) is 4.31 Å². The highest BCUT2D eigenvalue weighted by Gasteiger charge is 2.40. The second-order valence-electron chi connectivity index (χ2n) is 8.00. The molecule has 2 aromatic carbocycles. The van der Waals surface area contributed by atoms with Gasteiger partial charge in [-0.2, -0.15) is 4.31 Å². The maximum Gasteiger partial charge on any atom is 0.265 e. The van der Waals surface area contributed by atoms with Crippen LogP contribution in [0.3, 0.4) is 0 Å². The van der Waals surface area contributed by atoms with Gasteiger partial charge in [0.15, 0.2) is 6.10 Å². The number of amides is 2. The molecule has 0 radical (unpaired) electrons. The first kappa shape index (κ1) is 21.3. The molecule has 0 aromatic heterocycles. The Hall–Kier alpha value is -2.91. The zero-order valence-electron chi connectivity index (χ0n) is 17.6. The summed E-state index contributed by atoms with van der Waals surface area (Å²) >= 11 is 0. The maximum atomic E-state index is 13.5. The topological polar surface area (TPSA) is 105 Å². The molecule has 0 spiro atoms. The molecule has 0 saturated carbocycles. The van der Waals surface area contributed by atoms with Gasteiger partial charge in [-0.05, 0) is 62.9 Å². The summed E-state index contributed by atoms with van der Waals surface area (Å²) in [5.74, 6) is -0.328. The molecule has 2 atom stereocenters. The number of fused-ring (bicyclic) bond motifs is 1. The van der Waals surface area contributed by atoms with Gasteiger partial charge in [-0.1, -0.05) is 12.1 Å². The van der Waals surface area contributed by atoms with E-state index in [0.717, 1.165) is 5.56 Å². The van der Waals surface area contributed by atoms with Crippen LogP contribution in [0.5, 0.6) is 5.75 Å². The van der Waals surface area contributed by atoms with Crippen molar-refractivity contribution in [3.05, 3.63) is 47.5 Å². The van der Waals surface area contributed by atoms with E-state index in [-0.39, 0.29) is 23.3 Å². The second-order valence-corrected chi connectivity index (χ2v) is 9.85. The highest BCUT2D eigenvalue weighted by atomic mass is 32.2. The number of nitrogens with one attached hydrogen (secondary N) is 2. The van der Waals surface area contributed by atoms with Crippen molar-refractivity contribution in [2.24, 2.45) is 0 Å². The number of hydrogen-bond acceptors (Lipinski definition) is 5. The first-order valence-corrected chi connectivity index (χ1v) is 11.6. The minimum atomic E-state index is -3.95. The zero-order chi connectivity index (χ0) is 22.3. The lowest BCUT2D eigenvalue weighted by Crippen LogP contribution is -2.43. The van der Waals surface area contributed by atoms with E-state index >= 15 is 0 Å². The van der Waals surface area contributed by atoms with E-state index in [1.165, 1.54) is 10.4 Å². The van der Waals surface area contributed by atoms with Crippen LogP contribution in [0.1, 0.15) is 30.9 Å². The lowest BCUT2D eigenvalue weighted by Gasteiger charge is -2.27. The van der Waals surface area contributed by atoms with E-state index in [0.29, 0.717) is 35.5 Å². The van der Waals surface area contributed by atoms with Crippen LogP contribution in [-0.4, -0.2) is 43.2 Å². The summed E-state index contributed by atoms with van der Waals surface area (Å²) in [6, 6.07) is 9.61. The van der Waals surface area contributed by atoms with Crippen molar-refractivity contribution in [1.29, 1.82) is 0 Å². The molecule has 2 heterocycles. The van der Waals surface area contributed by atoms with E-state index in [1.807, 2.05) is 25.1 Å². The summed E-state index contributed by atoms with van der Waals surface area (Å²) in [7, 11) is -3.95. The molecule has 2 amide bonds. The Bertz CT molecular complexity index is 1160. The zero-order valence-corrected chi connectivity index (χ0v) is 18.5. The summed E-state index contributed by atoms with van der Waals surface area (Å²) in [5.41, 5.74) is 2.55. The normalized spacial score (nSPS) is 21.2. The summed E-state index contributed by atoms with van der Waals surface area (Å²) < 4.78 is 33.9. The third-order valence-corrected chi connectivity index (χ3v) is 7.64. The fraction of sp³-hybridized carbons (Fsp3) is 0.364. The molecule has 0 aliphatic carbocycles. The Morgan fingerprint density at radius 2 is 2.00 bits per heavy atom. The minimum absolute atomic E-state index is 0.0739. The molecule has 31 heavy (non-hydrogen) atoms. The molecule has 1 saturated heterocycles. The number of benzene rings is 2. The van der Waals surface area contributed by atoms with Crippen LogP contribution in [0, 0.1) is 13.8 Å². The third-order valence-electron chi connectivity index (χ3n) is 5.59. The van der Waals surface area contributed by atoms with Crippen molar-refractivity contribution in [3.8, 4) is 5.75 Å². The van der Waals surface area contributed by atoms with Crippen LogP contribution in [-0.2, 0) is 19.6 Å². The highest BCUT2D eigenvalue weighted by molar-refractivity contribution is 7.89. The van der Waals surface area contributed by atoms with E-state index in [4.69, 9.17) is 4.74 Å². The smallest absolute Gasteiger partial charge is 0.265 e. The van der Waals surface area contributed by atoms with Gasteiger partial charge < -0.3 is 15.4 Å². The number of carbonyl (C=O) groups is 2. The first-order valence-electron chi connectivity index (χ1n) is 10.2. The number of ether oxygens (including phenoxy) is 1. The Morgan fingerprint density at radius 1 is 1.23 bits per heavy atom. The van der Waals surface area contributed by atoms with Crippen molar-refractivity contribution in [2.75, 3.05) is 17.2 Å². The Balaban J connectivity index is 1.63. The van der Waals surface area contributed by atoms with Gasteiger partial charge in [-0.3, -0.25) is 9.59 Å². The number of nitrogens with zero attached hydrogens (tertiary/aromatic N) is 1. The molecule has 2 aliphatic rings. The van der Waals surface area contributed by atoms with E-state index in [9.17, 15) is 18.0 Å². The molecule has 2 N–H and O–H groups in total. The molecule has 0 bridgehead atoms. The van der Waals surface area contributed by atoms with Gasteiger partial charge in [-0.25, -0.2) is 8.42 Å². The lowest BCUT2D eigenvalue weighted by molar-refractivity contribution is -0.122. The summed E-state index contributed by atoms with van der Waals surface area (Å²) in [6.07, 6.45) is 0.328. The summed E-state index contributed by atoms with van der Waals surface area (Å²) in [4.78, 5) is 24.8. The highest BCUT2D eigenvalue weighted by Crippen LogP contribution is 2.37. The lowest BCUT2D eigenvalue weighted by atomic mass is 10.1. The average Bonchev–Trinajstić information content (AvgIpc) is 3.20. The Morgan fingerprint density at radius 3 is 2.74 bits per heavy atom. The van der Waals surface area contributed by atoms with Crippen LogP contribution in [0.25, 0.3) is 0 Å². The molecular weight excluding hydrogens is 418 g/mol. The number of rotatable bonds is 4. The Kier molecular flexibility index (Phi) is 5.49. The first-order chi connectivity index (χ1) is 14.7. The van der Waals surface area contributed by atoms with Crippen molar-refractivity contribution in [2.45, 2.75) is 50.7 Å². The van der Waals surface area contributed by atoms with Crippen LogP contribution in [0.2, 0.25) is 0 Å². The number of aryl methyl sites for hydroxylation is 2. The monoisotopic (exact) mass is 443 g/mol. The maximum absolute atomic E-state index is 13.5. The quantitative estimate of drug-likeness (QED) is 0.756. The molecule has 0 unspecified atom stereocenters.